The number of amides is 1. The maximum atomic E-state index is 13.0. The van der Waals surface area contributed by atoms with E-state index in [1.54, 1.807) is 7.05 Å². The van der Waals surface area contributed by atoms with Crippen LogP contribution < -0.4 is 4.74 Å². The van der Waals surface area contributed by atoms with Crippen LogP contribution in [0.3, 0.4) is 0 Å². The number of carbonyl (C=O) groups excluding carboxylic acids is 1. The fourth-order valence-corrected chi connectivity index (χ4v) is 2.73. The van der Waals surface area contributed by atoms with Crippen LogP contribution in [-0.4, -0.2) is 34.1 Å². The van der Waals surface area contributed by atoms with Gasteiger partial charge in [-0.1, -0.05) is 35.8 Å². The van der Waals surface area contributed by atoms with Gasteiger partial charge in [0.2, 0.25) is 11.7 Å². The van der Waals surface area contributed by atoms with Crippen LogP contribution in [0.15, 0.2) is 53.1 Å². The normalized spacial score (nSPS) is 11.9. The Balaban J connectivity index is 1.65. The van der Waals surface area contributed by atoms with E-state index in [9.17, 15) is 9.18 Å². The number of aromatic nitrogens is 2. The molecule has 0 aliphatic heterocycles. The van der Waals surface area contributed by atoms with Crippen LogP contribution in [0.2, 0.25) is 0 Å². The van der Waals surface area contributed by atoms with Gasteiger partial charge in [0.1, 0.15) is 11.6 Å². The molecule has 28 heavy (non-hydrogen) atoms. The van der Waals surface area contributed by atoms with E-state index in [0.29, 0.717) is 23.9 Å². The average molecular weight is 383 g/mol. The highest BCUT2D eigenvalue weighted by Crippen LogP contribution is 2.19. The Bertz CT molecular complexity index is 940. The summed E-state index contributed by atoms with van der Waals surface area (Å²) in [6.07, 6.45) is -0.214. The lowest BCUT2D eigenvalue weighted by Gasteiger charge is -2.22. The molecule has 1 aromatic heterocycles. The second kappa shape index (κ2) is 8.65. The average Bonchev–Trinajstić information content (AvgIpc) is 3.15. The molecule has 1 atom stereocenters. The summed E-state index contributed by atoms with van der Waals surface area (Å²) in [6.45, 7) is 4.01. The number of nitrogens with zero attached hydrogens (tertiary/aromatic N) is 3. The molecule has 0 bridgehead atoms. The third-order valence-electron chi connectivity index (χ3n) is 4.23. The number of halogens is 1. The lowest BCUT2D eigenvalue weighted by Crippen LogP contribution is -2.39. The molecule has 0 radical (unpaired) electrons. The monoisotopic (exact) mass is 383 g/mol. The summed E-state index contributed by atoms with van der Waals surface area (Å²) >= 11 is 0. The highest BCUT2D eigenvalue weighted by molar-refractivity contribution is 5.80. The fourth-order valence-electron chi connectivity index (χ4n) is 2.73. The first kappa shape index (κ1) is 19.5. The summed E-state index contributed by atoms with van der Waals surface area (Å²) in [5.74, 6) is 0.680. The number of hydrogen-bond acceptors (Lipinski definition) is 5. The van der Waals surface area contributed by atoms with Crippen LogP contribution in [0.25, 0.3) is 11.4 Å². The molecule has 3 rings (SSSR count). The zero-order valence-corrected chi connectivity index (χ0v) is 16.1. The van der Waals surface area contributed by atoms with Gasteiger partial charge in [-0.05, 0) is 43.7 Å². The third kappa shape index (κ3) is 4.73. The Morgan fingerprint density at radius 2 is 2.00 bits per heavy atom. The first-order valence-electron chi connectivity index (χ1n) is 9.03. The number of ether oxygens (including phenoxy) is 1. The first-order valence-corrected chi connectivity index (χ1v) is 9.03. The smallest absolute Gasteiger partial charge is 0.263 e. The van der Waals surface area contributed by atoms with Gasteiger partial charge in [0, 0.05) is 12.6 Å². The summed E-state index contributed by atoms with van der Waals surface area (Å²) in [5.41, 5.74) is 1.95. The van der Waals surface area contributed by atoms with E-state index in [2.05, 4.69) is 10.1 Å². The topological polar surface area (TPSA) is 68.5 Å². The molecule has 7 heteroatoms. The Hall–Kier alpha value is -3.22. The van der Waals surface area contributed by atoms with E-state index < -0.39 is 6.10 Å². The number of benzene rings is 2. The Labute approximate surface area is 162 Å². The van der Waals surface area contributed by atoms with Gasteiger partial charge in [-0.2, -0.15) is 4.98 Å². The molecule has 1 heterocycles. The highest BCUT2D eigenvalue weighted by Gasteiger charge is 2.24. The van der Waals surface area contributed by atoms with Crippen LogP contribution in [0.1, 0.15) is 24.8 Å². The minimum absolute atomic E-state index is 0.168. The van der Waals surface area contributed by atoms with E-state index in [1.165, 1.54) is 29.2 Å². The fraction of sp³-hybridized carbons (Fsp3) is 0.286. The molecule has 3 aromatic rings. The van der Waals surface area contributed by atoms with Crippen molar-refractivity contribution in [3.8, 4) is 17.1 Å². The van der Waals surface area contributed by atoms with Crippen molar-refractivity contribution in [2.45, 2.75) is 32.9 Å². The minimum Gasteiger partial charge on any atom is -0.481 e. The van der Waals surface area contributed by atoms with Crippen molar-refractivity contribution in [3.63, 3.8) is 0 Å². The van der Waals surface area contributed by atoms with Crippen LogP contribution in [0.4, 0.5) is 4.39 Å². The summed E-state index contributed by atoms with van der Waals surface area (Å²) in [4.78, 5) is 18.6. The highest BCUT2D eigenvalue weighted by atomic mass is 19.1. The predicted octanol–water partition coefficient (Wildman–Crippen LogP) is 4.00. The molecular formula is C21H22FN3O3. The second-order valence-corrected chi connectivity index (χ2v) is 6.54. The quantitative estimate of drug-likeness (QED) is 0.617. The summed E-state index contributed by atoms with van der Waals surface area (Å²) < 4.78 is 24.0. The first-order chi connectivity index (χ1) is 13.5. The van der Waals surface area contributed by atoms with Crippen molar-refractivity contribution >= 4 is 5.91 Å². The summed E-state index contributed by atoms with van der Waals surface area (Å²) in [7, 11) is 1.65. The lowest BCUT2D eigenvalue weighted by molar-refractivity contribution is -0.138. The van der Waals surface area contributed by atoms with E-state index in [4.69, 9.17) is 9.26 Å². The zero-order valence-electron chi connectivity index (χ0n) is 16.1. The van der Waals surface area contributed by atoms with Gasteiger partial charge in [-0.3, -0.25) is 4.79 Å². The van der Waals surface area contributed by atoms with Crippen molar-refractivity contribution in [2.24, 2.45) is 0 Å². The maximum absolute atomic E-state index is 13.0. The maximum Gasteiger partial charge on any atom is 0.263 e. The molecule has 0 saturated heterocycles. The molecule has 0 N–H and O–H groups in total. The number of hydrogen-bond donors (Lipinski definition) is 0. The standard InChI is InChI=1S/C21H22FN3O3/c1-4-18(27-17-10-8-16(22)9-11-17)21(26)25(3)13-19-23-20(24-28-19)15-7-5-6-14(2)12-15/h5-12,18H,4,13H2,1-3H3/t18-/m1/s1. The van der Waals surface area contributed by atoms with Gasteiger partial charge in [-0.15, -0.1) is 0 Å². The number of aryl methyl sites for hydroxylation is 1. The largest absolute Gasteiger partial charge is 0.481 e. The molecular weight excluding hydrogens is 361 g/mol. The van der Waals surface area contributed by atoms with Gasteiger partial charge in [0.15, 0.2) is 6.10 Å². The summed E-state index contributed by atoms with van der Waals surface area (Å²) in [5, 5.41) is 3.99. The molecule has 0 fully saturated rings. The molecule has 1 amide bonds. The Kier molecular flexibility index (Phi) is 6.03. The summed E-state index contributed by atoms with van der Waals surface area (Å²) in [6, 6.07) is 13.4. The SMILES string of the molecule is CC[C@@H](Oc1ccc(F)cc1)C(=O)N(C)Cc1nc(-c2cccc(C)c2)no1. The van der Waals surface area contributed by atoms with Crippen LogP contribution >= 0.6 is 0 Å². The van der Waals surface area contributed by atoms with Crippen LogP contribution in [0.5, 0.6) is 5.75 Å². The predicted molar refractivity (Wildman–Crippen MR) is 102 cm³/mol. The molecule has 146 valence electrons. The van der Waals surface area contributed by atoms with E-state index >= 15 is 0 Å². The van der Waals surface area contributed by atoms with Crippen molar-refractivity contribution < 1.29 is 18.4 Å². The van der Waals surface area contributed by atoms with Crippen molar-refractivity contribution in [3.05, 3.63) is 65.8 Å². The molecule has 0 saturated carbocycles. The zero-order chi connectivity index (χ0) is 20.1. The van der Waals surface area contributed by atoms with Crippen LogP contribution in [0, 0.1) is 12.7 Å². The van der Waals surface area contributed by atoms with Crippen molar-refractivity contribution in [1.82, 2.24) is 15.0 Å². The van der Waals surface area contributed by atoms with Gasteiger partial charge in [0.25, 0.3) is 5.91 Å². The number of carbonyl (C=O) groups is 1. The number of likely N-dealkylation sites (N-methyl/N-ethyl adjacent to an activating group) is 1. The van der Waals surface area contributed by atoms with E-state index in [-0.39, 0.29) is 18.3 Å². The Morgan fingerprint density at radius 3 is 2.68 bits per heavy atom. The molecule has 0 aliphatic carbocycles. The molecule has 0 aliphatic rings. The minimum atomic E-state index is -0.686. The Morgan fingerprint density at radius 1 is 1.25 bits per heavy atom. The van der Waals surface area contributed by atoms with Gasteiger partial charge >= 0.3 is 0 Å². The van der Waals surface area contributed by atoms with Gasteiger partial charge in [-0.25, -0.2) is 4.39 Å². The number of rotatable bonds is 7. The second-order valence-electron chi connectivity index (χ2n) is 6.54. The van der Waals surface area contributed by atoms with E-state index in [1.807, 2.05) is 38.1 Å². The third-order valence-corrected chi connectivity index (χ3v) is 4.23. The lowest BCUT2D eigenvalue weighted by atomic mass is 10.1. The van der Waals surface area contributed by atoms with E-state index in [0.717, 1.165) is 11.1 Å². The molecule has 2 aromatic carbocycles. The van der Waals surface area contributed by atoms with Crippen molar-refractivity contribution in [2.75, 3.05) is 7.05 Å². The molecule has 6 nitrogen and oxygen atoms in total. The molecule has 0 spiro atoms. The van der Waals surface area contributed by atoms with Crippen molar-refractivity contribution in [1.29, 1.82) is 0 Å². The van der Waals surface area contributed by atoms with Crippen LogP contribution in [-0.2, 0) is 11.3 Å². The van der Waals surface area contributed by atoms with Gasteiger partial charge < -0.3 is 14.2 Å². The molecule has 0 unspecified atom stereocenters. The van der Waals surface area contributed by atoms with Gasteiger partial charge in [0.05, 0.1) is 6.54 Å².